The Bertz CT molecular complexity index is 1150. The normalized spacial score (nSPS) is 20.8. The molecule has 0 amide bonds. The van der Waals surface area contributed by atoms with E-state index < -0.39 is 9.84 Å². The molecular weight excluding hydrogens is 386 g/mol. The average Bonchev–Trinajstić information content (AvgIpc) is 2.69. The molecule has 0 spiro atoms. The lowest BCUT2D eigenvalue weighted by Crippen LogP contribution is -2.62. The number of benzene rings is 2. The van der Waals surface area contributed by atoms with Crippen molar-refractivity contribution in [3.8, 4) is 5.75 Å². The number of hydrogen-bond donors (Lipinski definition) is 0. The van der Waals surface area contributed by atoms with Crippen molar-refractivity contribution in [3.63, 3.8) is 0 Å². The Labute approximate surface area is 171 Å². The fourth-order valence-corrected chi connectivity index (χ4v) is 4.71. The van der Waals surface area contributed by atoms with Gasteiger partial charge in [0.25, 0.3) is 0 Å². The molecule has 4 rings (SSSR count). The Morgan fingerprint density at radius 2 is 1.83 bits per heavy atom. The number of rotatable bonds is 5. The maximum absolute atomic E-state index is 12.0. The van der Waals surface area contributed by atoms with E-state index >= 15 is 0 Å². The number of nitrogens with zero attached hydrogens (tertiary/aromatic N) is 3. The van der Waals surface area contributed by atoms with Crippen LogP contribution in [0.3, 0.4) is 0 Å². The van der Waals surface area contributed by atoms with Crippen LogP contribution in [0.15, 0.2) is 59.8 Å². The molecule has 3 aromatic rings. The maximum atomic E-state index is 12.0. The number of aromatic nitrogens is 2. The van der Waals surface area contributed by atoms with Gasteiger partial charge in [-0.1, -0.05) is 32.0 Å². The molecule has 2 atom stereocenters. The average molecular weight is 412 g/mol. The van der Waals surface area contributed by atoms with Gasteiger partial charge < -0.3 is 9.64 Å². The number of anilines is 1. The molecule has 1 heterocycles. The highest BCUT2D eigenvalue weighted by Gasteiger charge is 2.52. The highest BCUT2D eigenvalue weighted by molar-refractivity contribution is 7.90. The van der Waals surface area contributed by atoms with E-state index in [0.717, 1.165) is 28.9 Å². The fraction of sp³-hybridized carbons (Fsp3) is 0.364. The maximum Gasteiger partial charge on any atom is 0.175 e. The van der Waals surface area contributed by atoms with Crippen LogP contribution in [-0.2, 0) is 9.84 Å². The summed E-state index contributed by atoms with van der Waals surface area (Å²) in [7, 11) is -1.31. The third-order valence-electron chi connectivity index (χ3n) is 5.96. The van der Waals surface area contributed by atoms with Crippen LogP contribution in [0.5, 0.6) is 5.75 Å². The fourth-order valence-electron chi connectivity index (χ4n) is 4.07. The second-order valence-corrected chi connectivity index (χ2v) is 10.3. The van der Waals surface area contributed by atoms with Crippen molar-refractivity contribution in [2.24, 2.45) is 5.41 Å². The molecule has 7 heteroatoms. The van der Waals surface area contributed by atoms with E-state index in [1.165, 1.54) is 12.6 Å². The number of sulfone groups is 1. The van der Waals surface area contributed by atoms with Crippen LogP contribution in [0.4, 0.5) is 5.82 Å². The monoisotopic (exact) mass is 411 g/mol. The molecule has 0 N–H and O–H groups in total. The Hall–Kier alpha value is -2.67. The van der Waals surface area contributed by atoms with Gasteiger partial charge in [-0.2, -0.15) is 0 Å². The second-order valence-electron chi connectivity index (χ2n) is 8.25. The molecule has 2 aromatic carbocycles. The SMILES string of the molecule is CN(c1ncnc2ccc(S(C)(=O)=O)cc12)[C@H]1C[C@H](Oc2ccccc2)C1(C)C. The standard InChI is InChI=1S/C22H25N3O3S/c1-22(2)19(13-20(22)28-15-8-6-5-7-9-15)25(3)21-17-12-16(29(4,26)27)10-11-18(17)23-14-24-21/h5-12,14,19-20H,13H2,1-4H3/t19-,20-/m0/s1. The van der Waals surface area contributed by atoms with Gasteiger partial charge >= 0.3 is 0 Å². The Balaban J connectivity index is 1.63. The first-order valence-electron chi connectivity index (χ1n) is 9.57. The summed E-state index contributed by atoms with van der Waals surface area (Å²) in [5.41, 5.74) is 0.625. The van der Waals surface area contributed by atoms with Crippen LogP contribution in [0, 0.1) is 5.41 Å². The van der Waals surface area contributed by atoms with Crippen LogP contribution < -0.4 is 9.64 Å². The summed E-state index contributed by atoms with van der Waals surface area (Å²) < 4.78 is 30.2. The number of fused-ring (bicyclic) bond motifs is 1. The van der Waals surface area contributed by atoms with Gasteiger partial charge in [-0.05, 0) is 30.3 Å². The molecule has 6 nitrogen and oxygen atoms in total. The number of ether oxygens (including phenoxy) is 1. The van der Waals surface area contributed by atoms with Gasteiger partial charge in [-0.3, -0.25) is 0 Å². The predicted octanol–water partition coefficient (Wildman–Crippen LogP) is 3.72. The van der Waals surface area contributed by atoms with E-state index in [-0.39, 0.29) is 22.5 Å². The van der Waals surface area contributed by atoms with Crippen molar-refractivity contribution in [2.75, 3.05) is 18.2 Å². The van der Waals surface area contributed by atoms with E-state index in [2.05, 4.69) is 28.7 Å². The summed E-state index contributed by atoms with van der Waals surface area (Å²) in [6.45, 7) is 4.38. The van der Waals surface area contributed by atoms with E-state index in [1.807, 2.05) is 37.4 Å². The first-order chi connectivity index (χ1) is 13.7. The quantitative estimate of drug-likeness (QED) is 0.637. The summed E-state index contributed by atoms with van der Waals surface area (Å²) in [5, 5.41) is 0.737. The number of hydrogen-bond acceptors (Lipinski definition) is 6. The molecule has 152 valence electrons. The highest BCUT2D eigenvalue weighted by atomic mass is 32.2. The molecular formula is C22H25N3O3S. The predicted molar refractivity (Wildman–Crippen MR) is 114 cm³/mol. The van der Waals surface area contributed by atoms with Gasteiger partial charge in [-0.15, -0.1) is 0 Å². The summed E-state index contributed by atoms with van der Waals surface area (Å²) >= 11 is 0. The molecule has 1 aliphatic rings. The lowest BCUT2D eigenvalue weighted by atomic mass is 9.63. The van der Waals surface area contributed by atoms with Crippen molar-refractivity contribution in [1.82, 2.24) is 9.97 Å². The molecule has 0 bridgehead atoms. The minimum Gasteiger partial charge on any atom is -0.490 e. The van der Waals surface area contributed by atoms with E-state index in [9.17, 15) is 8.42 Å². The van der Waals surface area contributed by atoms with Crippen molar-refractivity contribution in [1.29, 1.82) is 0 Å². The lowest BCUT2D eigenvalue weighted by molar-refractivity contribution is -0.0416. The summed E-state index contributed by atoms with van der Waals surface area (Å²) in [6.07, 6.45) is 3.69. The van der Waals surface area contributed by atoms with Crippen molar-refractivity contribution in [2.45, 2.75) is 37.3 Å². The third-order valence-corrected chi connectivity index (χ3v) is 7.07. The second kappa shape index (κ2) is 6.99. The minimum absolute atomic E-state index is 0.0945. The molecule has 1 aliphatic carbocycles. The highest BCUT2D eigenvalue weighted by Crippen LogP contribution is 2.47. The Morgan fingerprint density at radius 1 is 1.10 bits per heavy atom. The van der Waals surface area contributed by atoms with Gasteiger partial charge in [-0.25, -0.2) is 18.4 Å². The van der Waals surface area contributed by atoms with E-state index in [0.29, 0.717) is 0 Å². The summed E-state index contributed by atoms with van der Waals surface area (Å²) in [5.74, 6) is 1.61. The largest absolute Gasteiger partial charge is 0.490 e. The molecule has 1 saturated carbocycles. The molecule has 0 saturated heterocycles. The zero-order chi connectivity index (χ0) is 20.8. The molecule has 1 fully saturated rings. The Morgan fingerprint density at radius 3 is 2.48 bits per heavy atom. The summed E-state index contributed by atoms with van der Waals surface area (Å²) in [6, 6.07) is 15.0. The summed E-state index contributed by atoms with van der Waals surface area (Å²) in [4.78, 5) is 11.2. The van der Waals surface area contributed by atoms with Gasteiger partial charge in [0.1, 0.15) is 24.0 Å². The van der Waals surface area contributed by atoms with Gasteiger partial charge in [0.05, 0.1) is 10.4 Å². The third kappa shape index (κ3) is 3.55. The van der Waals surface area contributed by atoms with Crippen molar-refractivity contribution < 1.29 is 13.2 Å². The lowest BCUT2D eigenvalue weighted by Gasteiger charge is -2.55. The molecule has 0 aliphatic heterocycles. The van der Waals surface area contributed by atoms with Crippen molar-refractivity contribution in [3.05, 3.63) is 54.9 Å². The van der Waals surface area contributed by atoms with Crippen LogP contribution >= 0.6 is 0 Å². The van der Waals surface area contributed by atoms with Crippen LogP contribution in [0.25, 0.3) is 10.9 Å². The minimum atomic E-state index is -3.31. The molecule has 0 radical (unpaired) electrons. The van der Waals surface area contributed by atoms with Gasteiger partial charge in [0.2, 0.25) is 0 Å². The van der Waals surface area contributed by atoms with E-state index in [4.69, 9.17) is 4.74 Å². The number of para-hydroxylation sites is 1. The van der Waals surface area contributed by atoms with E-state index in [1.54, 1.807) is 18.2 Å². The van der Waals surface area contributed by atoms with Crippen molar-refractivity contribution >= 4 is 26.6 Å². The zero-order valence-corrected chi connectivity index (χ0v) is 17.8. The first kappa shape index (κ1) is 19.6. The van der Waals surface area contributed by atoms with Crippen LogP contribution in [-0.4, -0.2) is 43.8 Å². The van der Waals surface area contributed by atoms with Gasteiger partial charge in [0, 0.05) is 36.6 Å². The molecule has 29 heavy (non-hydrogen) atoms. The smallest absolute Gasteiger partial charge is 0.175 e. The first-order valence-corrected chi connectivity index (χ1v) is 11.5. The van der Waals surface area contributed by atoms with Gasteiger partial charge in [0.15, 0.2) is 9.84 Å². The molecule has 1 aromatic heterocycles. The molecule has 0 unspecified atom stereocenters. The van der Waals surface area contributed by atoms with Crippen LogP contribution in [0.1, 0.15) is 20.3 Å². The zero-order valence-electron chi connectivity index (χ0n) is 17.0. The Kier molecular flexibility index (Phi) is 4.73. The van der Waals surface area contributed by atoms with Crippen LogP contribution in [0.2, 0.25) is 0 Å². The topological polar surface area (TPSA) is 72.4 Å².